The first-order valence-electron chi connectivity index (χ1n) is 8.15. The van der Waals surface area contributed by atoms with Crippen molar-refractivity contribution in [3.63, 3.8) is 0 Å². The summed E-state index contributed by atoms with van der Waals surface area (Å²) in [7, 11) is 0. The van der Waals surface area contributed by atoms with Crippen LogP contribution in [-0.2, 0) is 16.0 Å². The summed E-state index contributed by atoms with van der Waals surface area (Å²) in [5.41, 5.74) is 1.23. The van der Waals surface area contributed by atoms with E-state index in [2.05, 4.69) is 10.3 Å². The van der Waals surface area contributed by atoms with Gasteiger partial charge in [-0.1, -0.05) is 0 Å². The Balaban J connectivity index is 1.58. The van der Waals surface area contributed by atoms with E-state index in [1.54, 1.807) is 12.1 Å². The molecule has 128 valence electrons. The number of halogens is 1. The summed E-state index contributed by atoms with van der Waals surface area (Å²) in [5.74, 6) is -0.0174. The van der Waals surface area contributed by atoms with E-state index in [1.807, 2.05) is 13.8 Å². The molecule has 0 spiro atoms. The van der Waals surface area contributed by atoms with Crippen molar-refractivity contribution in [2.24, 2.45) is 0 Å². The Labute approximate surface area is 140 Å². The number of amides is 1. The van der Waals surface area contributed by atoms with Gasteiger partial charge in [-0.2, -0.15) is 0 Å². The van der Waals surface area contributed by atoms with Gasteiger partial charge in [0, 0.05) is 11.6 Å². The van der Waals surface area contributed by atoms with E-state index in [9.17, 15) is 9.18 Å². The molecule has 0 bridgehead atoms. The molecule has 5 nitrogen and oxygen atoms in total. The monoisotopic (exact) mass is 332 g/mol. The molecule has 1 saturated heterocycles. The zero-order valence-corrected chi connectivity index (χ0v) is 13.8. The molecule has 0 saturated carbocycles. The average Bonchev–Trinajstić information content (AvgIpc) is 2.95. The minimum Gasteiger partial charge on any atom is -0.444 e. The second-order valence-corrected chi connectivity index (χ2v) is 6.32. The van der Waals surface area contributed by atoms with Gasteiger partial charge < -0.3 is 14.5 Å². The Morgan fingerprint density at radius 3 is 2.58 bits per heavy atom. The lowest BCUT2D eigenvalue weighted by Gasteiger charge is -2.32. The number of nitrogens with one attached hydrogen (secondary N) is 1. The fourth-order valence-corrected chi connectivity index (χ4v) is 3.08. The van der Waals surface area contributed by atoms with Crippen molar-refractivity contribution in [2.45, 2.75) is 51.4 Å². The smallest absolute Gasteiger partial charge is 0.226 e. The zero-order valence-electron chi connectivity index (χ0n) is 13.8. The SMILES string of the molecule is CC1CC(NC(=O)Cc2coc(-c3ccc(F)cc3)n2)CC(C)O1. The maximum Gasteiger partial charge on any atom is 0.226 e. The van der Waals surface area contributed by atoms with E-state index < -0.39 is 0 Å². The molecule has 1 fully saturated rings. The van der Waals surface area contributed by atoms with Crippen LogP contribution in [0, 0.1) is 5.82 Å². The lowest BCUT2D eigenvalue weighted by atomic mass is 10.00. The standard InChI is InChI=1S/C18H21FN2O3/c1-11-7-15(8-12(2)24-11)20-17(22)9-16-10-23-18(21-16)13-3-5-14(19)6-4-13/h3-6,10-12,15H,7-9H2,1-2H3,(H,20,22). The first-order valence-corrected chi connectivity index (χ1v) is 8.15. The quantitative estimate of drug-likeness (QED) is 0.934. The molecule has 2 atom stereocenters. The summed E-state index contributed by atoms with van der Waals surface area (Å²) in [6.07, 6.45) is 3.55. The number of carbonyl (C=O) groups excluding carboxylic acids is 1. The third kappa shape index (κ3) is 4.20. The lowest BCUT2D eigenvalue weighted by Crippen LogP contribution is -2.44. The molecular formula is C18H21FN2O3. The van der Waals surface area contributed by atoms with Crippen LogP contribution in [0.1, 0.15) is 32.4 Å². The van der Waals surface area contributed by atoms with Crippen LogP contribution in [0.4, 0.5) is 4.39 Å². The summed E-state index contributed by atoms with van der Waals surface area (Å²) < 4.78 is 24.0. The van der Waals surface area contributed by atoms with Gasteiger partial charge in [0.1, 0.15) is 12.1 Å². The summed E-state index contributed by atoms with van der Waals surface area (Å²) >= 11 is 0. The number of carbonyl (C=O) groups is 1. The third-order valence-electron chi connectivity index (χ3n) is 4.05. The van der Waals surface area contributed by atoms with E-state index in [1.165, 1.54) is 18.4 Å². The van der Waals surface area contributed by atoms with E-state index in [4.69, 9.17) is 9.15 Å². The van der Waals surface area contributed by atoms with Crippen LogP contribution < -0.4 is 5.32 Å². The molecule has 1 amide bonds. The van der Waals surface area contributed by atoms with Crippen molar-refractivity contribution in [1.29, 1.82) is 0 Å². The fraction of sp³-hybridized carbons (Fsp3) is 0.444. The highest BCUT2D eigenvalue weighted by Gasteiger charge is 2.25. The summed E-state index contributed by atoms with van der Waals surface area (Å²) in [4.78, 5) is 16.5. The predicted octanol–water partition coefficient (Wildman–Crippen LogP) is 3.10. The number of ether oxygens (including phenoxy) is 1. The highest BCUT2D eigenvalue weighted by molar-refractivity contribution is 5.78. The predicted molar refractivity (Wildman–Crippen MR) is 86.8 cm³/mol. The number of nitrogens with zero attached hydrogens (tertiary/aromatic N) is 1. The normalized spacial score (nSPS) is 23.9. The summed E-state index contributed by atoms with van der Waals surface area (Å²) in [6, 6.07) is 6.00. The number of benzene rings is 1. The Bertz CT molecular complexity index is 689. The van der Waals surface area contributed by atoms with Crippen LogP contribution in [0.15, 0.2) is 34.9 Å². The van der Waals surface area contributed by atoms with Gasteiger partial charge in [0.15, 0.2) is 0 Å². The van der Waals surface area contributed by atoms with Gasteiger partial charge in [-0.15, -0.1) is 0 Å². The van der Waals surface area contributed by atoms with Crippen molar-refractivity contribution in [2.75, 3.05) is 0 Å². The third-order valence-corrected chi connectivity index (χ3v) is 4.05. The Morgan fingerprint density at radius 2 is 1.92 bits per heavy atom. The van der Waals surface area contributed by atoms with Crippen LogP contribution in [-0.4, -0.2) is 29.1 Å². The Morgan fingerprint density at radius 1 is 1.25 bits per heavy atom. The minimum absolute atomic E-state index is 0.0831. The van der Waals surface area contributed by atoms with E-state index in [0.29, 0.717) is 17.1 Å². The van der Waals surface area contributed by atoms with Gasteiger partial charge in [0.05, 0.1) is 24.3 Å². The molecular weight excluding hydrogens is 311 g/mol. The largest absolute Gasteiger partial charge is 0.444 e. The average molecular weight is 332 g/mol. The zero-order chi connectivity index (χ0) is 17.1. The number of hydrogen-bond acceptors (Lipinski definition) is 4. The van der Waals surface area contributed by atoms with Crippen molar-refractivity contribution in [3.05, 3.63) is 42.0 Å². The maximum absolute atomic E-state index is 12.9. The van der Waals surface area contributed by atoms with Crippen LogP contribution in [0.2, 0.25) is 0 Å². The lowest BCUT2D eigenvalue weighted by molar-refractivity contribution is -0.122. The van der Waals surface area contributed by atoms with Crippen molar-refractivity contribution >= 4 is 5.91 Å². The molecule has 1 N–H and O–H groups in total. The van der Waals surface area contributed by atoms with Gasteiger partial charge in [-0.05, 0) is 51.0 Å². The highest BCUT2D eigenvalue weighted by atomic mass is 19.1. The summed E-state index contributed by atoms with van der Waals surface area (Å²) in [5, 5.41) is 3.03. The van der Waals surface area contributed by atoms with Gasteiger partial charge >= 0.3 is 0 Å². The minimum atomic E-state index is -0.315. The molecule has 3 rings (SSSR count). The molecule has 0 aliphatic carbocycles. The molecule has 1 aliphatic rings. The first-order chi connectivity index (χ1) is 11.5. The van der Waals surface area contributed by atoms with Crippen molar-refractivity contribution in [1.82, 2.24) is 10.3 Å². The molecule has 6 heteroatoms. The van der Waals surface area contributed by atoms with Gasteiger partial charge in [0.25, 0.3) is 0 Å². The molecule has 1 aromatic carbocycles. The molecule has 2 heterocycles. The number of aromatic nitrogens is 1. The topological polar surface area (TPSA) is 64.4 Å². The van der Waals surface area contributed by atoms with E-state index in [0.717, 1.165) is 12.8 Å². The first kappa shape index (κ1) is 16.6. The molecule has 24 heavy (non-hydrogen) atoms. The Hall–Kier alpha value is -2.21. The maximum atomic E-state index is 12.9. The number of hydrogen-bond donors (Lipinski definition) is 1. The second kappa shape index (κ2) is 7.13. The number of rotatable bonds is 4. The molecule has 2 aromatic rings. The Kier molecular flexibility index (Phi) is 4.94. The van der Waals surface area contributed by atoms with Crippen LogP contribution in [0.5, 0.6) is 0 Å². The van der Waals surface area contributed by atoms with Crippen molar-refractivity contribution in [3.8, 4) is 11.5 Å². The molecule has 1 aromatic heterocycles. The van der Waals surface area contributed by atoms with Gasteiger partial charge in [-0.3, -0.25) is 4.79 Å². The molecule has 1 aliphatic heterocycles. The van der Waals surface area contributed by atoms with Gasteiger partial charge in [-0.25, -0.2) is 9.37 Å². The summed E-state index contributed by atoms with van der Waals surface area (Å²) in [6.45, 7) is 4.03. The van der Waals surface area contributed by atoms with Crippen LogP contribution in [0.25, 0.3) is 11.5 Å². The molecule has 2 unspecified atom stereocenters. The second-order valence-electron chi connectivity index (χ2n) is 6.32. The fourth-order valence-electron chi connectivity index (χ4n) is 3.08. The molecule has 0 radical (unpaired) electrons. The highest BCUT2D eigenvalue weighted by Crippen LogP contribution is 2.20. The van der Waals surface area contributed by atoms with Crippen molar-refractivity contribution < 1.29 is 18.3 Å². The van der Waals surface area contributed by atoms with Gasteiger partial charge in [0.2, 0.25) is 11.8 Å². The van der Waals surface area contributed by atoms with Crippen LogP contribution in [0.3, 0.4) is 0 Å². The van der Waals surface area contributed by atoms with Crippen LogP contribution >= 0.6 is 0 Å². The number of oxazole rings is 1. The van der Waals surface area contributed by atoms with E-state index in [-0.39, 0.29) is 36.4 Å². The van der Waals surface area contributed by atoms with E-state index >= 15 is 0 Å².